The summed E-state index contributed by atoms with van der Waals surface area (Å²) in [6.45, 7) is 0.282. The Labute approximate surface area is 114 Å². The number of aromatic amines is 1. The van der Waals surface area contributed by atoms with Crippen molar-refractivity contribution in [1.82, 2.24) is 4.98 Å². The van der Waals surface area contributed by atoms with E-state index in [0.29, 0.717) is 0 Å². The molecule has 0 aliphatic carbocycles. The standard InChI is InChI=1S/C16H12FNO2/c17-12-3-1-10(2-4-12)5-13-6-11-7-15-16(20-9-19-15)8-14(11)18-13/h1-4,6-8,18H,5,9H2. The lowest BCUT2D eigenvalue weighted by Gasteiger charge is -1.98. The molecule has 0 radical (unpaired) electrons. The van der Waals surface area contributed by atoms with Gasteiger partial charge in [-0.25, -0.2) is 4.39 Å². The molecule has 2 aromatic carbocycles. The van der Waals surface area contributed by atoms with Crippen LogP contribution in [-0.4, -0.2) is 11.8 Å². The highest BCUT2D eigenvalue weighted by Crippen LogP contribution is 2.36. The number of hydrogen-bond acceptors (Lipinski definition) is 2. The van der Waals surface area contributed by atoms with Gasteiger partial charge in [-0.05, 0) is 29.8 Å². The number of hydrogen-bond donors (Lipinski definition) is 1. The van der Waals surface area contributed by atoms with Crippen LogP contribution in [0.3, 0.4) is 0 Å². The molecule has 0 amide bonds. The van der Waals surface area contributed by atoms with Gasteiger partial charge in [0.15, 0.2) is 11.5 Å². The van der Waals surface area contributed by atoms with Crippen molar-refractivity contribution in [3.8, 4) is 11.5 Å². The Morgan fingerprint density at radius 1 is 1.00 bits per heavy atom. The third kappa shape index (κ3) is 1.90. The van der Waals surface area contributed by atoms with Gasteiger partial charge < -0.3 is 14.5 Å². The SMILES string of the molecule is Fc1ccc(Cc2cc3cc4c(cc3[nH]2)OCO4)cc1. The lowest BCUT2D eigenvalue weighted by molar-refractivity contribution is 0.174. The van der Waals surface area contributed by atoms with Crippen molar-refractivity contribution in [2.24, 2.45) is 0 Å². The molecule has 0 spiro atoms. The number of fused-ring (bicyclic) bond motifs is 2. The van der Waals surface area contributed by atoms with Crippen LogP contribution in [0.15, 0.2) is 42.5 Å². The Morgan fingerprint density at radius 3 is 2.55 bits per heavy atom. The van der Waals surface area contributed by atoms with Crippen molar-refractivity contribution in [1.29, 1.82) is 0 Å². The molecule has 100 valence electrons. The number of ether oxygens (including phenoxy) is 2. The fourth-order valence-corrected chi connectivity index (χ4v) is 2.50. The van der Waals surface area contributed by atoms with Crippen LogP contribution >= 0.6 is 0 Å². The smallest absolute Gasteiger partial charge is 0.231 e. The third-order valence-electron chi connectivity index (χ3n) is 3.48. The molecule has 3 nitrogen and oxygen atoms in total. The summed E-state index contributed by atoms with van der Waals surface area (Å²) >= 11 is 0. The van der Waals surface area contributed by atoms with E-state index in [4.69, 9.17) is 9.47 Å². The lowest BCUT2D eigenvalue weighted by atomic mass is 10.1. The molecule has 1 aliphatic heterocycles. The Hall–Kier alpha value is -2.49. The van der Waals surface area contributed by atoms with E-state index in [9.17, 15) is 4.39 Å². The quantitative estimate of drug-likeness (QED) is 0.771. The van der Waals surface area contributed by atoms with Crippen LogP contribution in [0.2, 0.25) is 0 Å². The first-order valence-corrected chi connectivity index (χ1v) is 6.44. The molecule has 0 saturated heterocycles. The van der Waals surface area contributed by atoms with Crippen molar-refractivity contribution in [2.75, 3.05) is 6.79 Å². The van der Waals surface area contributed by atoms with Gasteiger partial charge >= 0.3 is 0 Å². The highest BCUT2D eigenvalue weighted by atomic mass is 19.1. The van der Waals surface area contributed by atoms with Gasteiger partial charge in [0.25, 0.3) is 0 Å². The van der Waals surface area contributed by atoms with Gasteiger partial charge in [-0.2, -0.15) is 0 Å². The van der Waals surface area contributed by atoms with E-state index in [1.807, 2.05) is 12.1 Å². The minimum atomic E-state index is -0.212. The normalized spacial score (nSPS) is 13.1. The predicted octanol–water partition coefficient (Wildman–Crippen LogP) is 3.63. The summed E-state index contributed by atoms with van der Waals surface area (Å²) in [6, 6.07) is 12.6. The topological polar surface area (TPSA) is 34.2 Å². The predicted molar refractivity (Wildman–Crippen MR) is 73.6 cm³/mol. The van der Waals surface area contributed by atoms with E-state index in [1.165, 1.54) is 12.1 Å². The molecule has 4 rings (SSSR count). The Balaban J connectivity index is 1.69. The van der Waals surface area contributed by atoms with Crippen LogP contribution in [-0.2, 0) is 6.42 Å². The molecular weight excluding hydrogens is 257 g/mol. The first kappa shape index (κ1) is 11.3. The van der Waals surface area contributed by atoms with Gasteiger partial charge in [0.05, 0.1) is 0 Å². The van der Waals surface area contributed by atoms with Gasteiger partial charge in [0.2, 0.25) is 6.79 Å². The maximum Gasteiger partial charge on any atom is 0.231 e. The van der Waals surface area contributed by atoms with Crippen LogP contribution in [0.5, 0.6) is 11.5 Å². The van der Waals surface area contributed by atoms with Crippen LogP contribution in [0.4, 0.5) is 4.39 Å². The fraction of sp³-hybridized carbons (Fsp3) is 0.125. The molecule has 1 N–H and O–H groups in total. The second-order valence-corrected chi connectivity index (χ2v) is 4.89. The number of halogens is 1. The zero-order valence-electron chi connectivity index (χ0n) is 10.7. The van der Waals surface area contributed by atoms with E-state index in [2.05, 4.69) is 11.1 Å². The van der Waals surface area contributed by atoms with Crippen molar-refractivity contribution >= 4 is 10.9 Å². The molecule has 0 unspecified atom stereocenters. The van der Waals surface area contributed by atoms with E-state index in [0.717, 1.165) is 40.1 Å². The summed E-state index contributed by atoms with van der Waals surface area (Å²) in [5, 5.41) is 1.09. The second kappa shape index (κ2) is 4.27. The largest absolute Gasteiger partial charge is 0.454 e. The summed E-state index contributed by atoms with van der Waals surface area (Å²) in [6.07, 6.45) is 0.737. The summed E-state index contributed by atoms with van der Waals surface area (Å²) in [4.78, 5) is 3.36. The van der Waals surface area contributed by atoms with Gasteiger partial charge in [0.1, 0.15) is 5.82 Å². The molecule has 4 heteroatoms. The monoisotopic (exact) mass is 269 g/mol. The molecule has 0 atom stereocenters. The minimum Gasteiger partial charge on any atom is -0.454 e. The van der Waals surface area contributed by atoms with Crippen LogP contribution in [0, 0.1) is 5.82 Å². The number of aromatic nitrogens is 1. The summed E-state index contributed by atoms with van der Waals surface area (Å²) < 4.78 is 23.6. The van der Waals surface area contributed by atoms with Crippen LogP contribution in [0.25, 0.3) is 10.9 Å². The molecule has 1 aromatic heterocycles. The van der Waals surface area contributed by atoms with Crippen molar-refractivity contribution in [3.05, 3.63) is 59.5 Å². The van der Waals surface area contributed by atoms with E-state index in [1.54, 1.807) is 12.1 Å². The molecule has 1 aliphatic rings. The highest BCUT2D eigenvalue weighted by Gasteiger charge is 2.15. The fourth-order valence-electron chi connectivity index (χ4n) is 2.50. The van der Waals surface area contributed by atoms with E-state index < -0.39 is 0 Å². The molecule has 20 heavy (non-hydrogen) atoms. The van der Waals surface area contributed by atoms with Crippen molar-refractivity contribution < 1.29 is 13.9 Å². The molecule has 3 aromatic rings. The lowest BCUT2D eigenvalue weighted by Crippen LogP contribution is -1.92. The average molecular weight is 269 g/mol. The minimum absolute atomic E-state index is 0.212. The zero-order valence-corrected chi connectivity index (χ0v) is 10.7. The van der Waals surface area contributed by atoms with Crippen LogP contribution in [0.1, 0.15) is 11.3 Å². The number of nitrogens with one attached hydrogen (secondary N) is 1. The van der Waals surface area contributed by atoms with Gasteiger partial charge in [0, 0.05) is 29.1 Å². The first-order chi connectivity index (χ1) is 9.78. The van der Waals surface area contributed by atoms with E-state index >= 15 is 0 Å². The number of H-pyrrole nitrogens is 1. The molecule has 0 bridgehead atoms. The second-order valence-electron chi connectivity index (χ2n) is 4.89. The Morgan fingerprint density at radius 2 is 1.75 bits per heavy atom. The van der Waals surface area contributed by atoms with E-state index in [-0.39, 0.29) is 12.6 Å². The average Bonchev–Trinajstić information content (AvgIpc) is 3.03. The summed E-state index contributed by atoms with van der Waals surface area (Å²) in [7, 11) is 0. The molecule has 0 fully saturated rings. The van der Waals surface area contributed by atoms with Crippen molar-refractivity contribution in [2.45, 2.75) is 6.42 Å². The van der Waals surface area contributed by atoms with Gasteiger partial charge in [-0.15, -0.1) is 0 Å². The number of rotatable bonds is 2. The Bertz CT molecular complexity index is 736. The first-order valence-electron chi connectivity index (χ1n) is 6.44. The van der Waals surface area contributed by atoms with Gasteiger partial charge in [-0.3, -0.25) is 0 Å². The zero-order chi connectivity index (χ0) is 13.5. The number of benzene rings is 2. The molecular formula is C16H12FNO2. The van der Waals surface area contributed by atoms with Gasteiger partial charge in [-0.1, -0.05) is 12.1 Å². The maximum absolute atomic E-state index is 12.9. The highest BCUT2D eigenvalue weighted by molar-refractivity contribution is 5.84. The molecule has 0 saturated carbocycles. The maximum atomic E-state index is 12.9. The third-order valence-corrected chi connectivity index (χ3v) is 3.48. The Kier molecular flexibility index (Phi) is 2.42. The molecule has 2 heterocycles. The summed E-state index contributed by atoms with van der Waals surface area (Å²) in [5.74, 6) is 1.34. The van der Waals surface area contributed by atoms with Crippen molar-refractivity contribution in [3.63, 3.8) is 0 Å². The van der Waals surface area contributed by atoms with Crippen LogP contribution < -0.4 is 9.47 Å². The summed E-state index contributed by atoms with van der Waals surface area (Å²) in [5.41, 5.74) is 3.17.